The van der Waals surface area contributed by atoms with E-state index in [9.17, 15) is 4.79 Å². The van der Waals surface area contributed by atoms with Crippen LogP contribution in [0.2, 0.25) is 0 Å². The molecule has 0 bridgehead atoms. The van der Waals surface area contributed by atoms with Crippen LogP contribution in [0.4, 0.5) is 0 Å². The number of ether oxygens (including phenoxy) is 1. The third kappa shape index (κ3) is 5.94. The van der Waals surface area contributed by atoms with E-state index in [0.29, 0.717) is 6.54 Å². The maximum Gasteiger partial charge on any atom is 0.237 e. The van der Waals surface area contributed by atoms with E-state index in [1.54, 1.807) is 0 Å². The average molecular weight is 313 g/mol. The molecule has 118 valence electrons. The third-order valence-corrected chi connectivity index (χ3v) is 3.46. The summed E-state index contributed by atoms with van der Waals surface area (Å²) >= 11 is 0. The summed E-state index contributed by atoms with van der Waals surface area (Å²) in [5, 5.41) is 6.20. The molecule has 1 aliphatic rings. The molecule has 21 heavy (non-hydrogen) atoms. The monoisotopic (exact) mass is 312 g/mol. The molecule has 1 fully saturated rings. The highest BCUT2D eigenvalue weighted by Crippen LogP contribution is 2.14. The Labute approximate surface area is 133 Å². The molecule has 0 aliphatic carbocycles. The minimum Gasteiger partial charge on any atom is -0.494 e. The number of amides is 1. The zero-order valence-corrected chi connectivity index (χ0v) is 13.4. The van der Waals surface area contributed by atoms with Crippen molar-refractivity contribution in [1.29, 1.82) is 0 Å². The first-order valence-corrected chi connectivity index (χ1v) is 7.52. The van der Waals surface area contributed by atoms with Gasteiger partial charge in [0.15, 0.2) is 0 Å². The molecule has 1 aromatic carbocycles. The van der Waals surface area contributed by atoms with Crippen LogP contribution in [0, 0.1) is 0 Å². The maximum atomic E-state index is 11.8. The van der Waals surface area contributed by atoms with Gasteiger partial charge in [-0.05, 0) is 49.9 Å². The van der Waals surface area contributed by atoms with E-state index in [2.05, 4.69) is 29.7 Å². The van der Waals surface area contributed by atoms with Crippen LogP contribution in [0.5, 0.6) is 5.75 Å². The standard InChI is InChI=1S/C16H24N2O2.ClH/c1-2-11-20-14-6-3-5-13(12-14)8-10-18-16(19)15-7-4-9-17-15;/h3,5-6,12,15,17H,2,4,7-11H2,1H3,(H,18,19);1H. The smallest absolute Gasteiger partial charge is 0.237 e. The summed E-state index contributed by atoms with van der Waals surface area (Å²) < 4.78 is 5.61. The lowest BCUT2D eigenvalue weighted by molar-refractivity contribution is -0.122. The van der Waals surface area contributed by atoms with Crippen molar-refractivity contribution in [2.75, 3.05) is 19.7 Å². The molecule has 1 aromatic rings. The van der Waals surface area contributed by atoms with Crippen LogP contribution in [0.3, 0.4) is 0 Å². The molecule has 1 heterocycles. The van der Waals surface area contributed by atoms with Crippen LogP contribution >= 0.6 is 12.4 Å². The predicted molar refractivity (Wildman–Crippen MR) is 87.2 cm³/mol. The second-order valence-corrected chi connectivity index (χ2v) is 5.19. The van der Waals surface area contributed by atoms with Gasteiger partial charge in [0.05, 0.1) is 12.6 Å². The van der Waals surface area contributed by atoms with Crippen molar-refractivity contribution < 1.29 is 9.53 Å². The van der Waals surface area contributed by atoms with Crippen molar-refractivity contribution in [3.63, 3.8) is 0 Å². The fourth-order valence-electron chi connectivity index (χ4n) is 2.37. The van der Waals surface area contributed by atoms with Gasteiger partial charge in [-0.1, -0.05) is 19.1 Å². The molecule has 1 atom stereocenters. The molecular weight excluding hydrogens is 288 g/mol. The molecule has 1 amide bonds. The van der Waals surface area contributed by atoms with Gasteiger partial charge in [-0.3, -0.25) is 4.79 Å². The SMILES string of the molecule is CCCOc1cccc(CCNC(=O)C2CCCN2)c1.Cl. The van der Waals surface area contributed by atoms with Crippen LogP contribution in [-0.4, -0.2) is 31.6 Å². The molecule has 2 rings (SSSR count). The van der Waals surface area contributed by atoms with E-state index >= 15 is 0 Å². The van der Waals surface area contributed by atoms with Gasteiger partial charge in [0, 0.05) is 6.54 Å². The highest BCUT2D eigenvalue weighted by Gasteiger charge is 2.21. The molecule has 4 nitrogen and oxygen atoms in total. The van der Waals surface area contributed by atoms with Crippen LogP contribution in [0.25, 0.3) is 0 Å². The van der Waals surface area contributed by atoms with Crippen molar-refractivity contribution >= 4 is 18.3 Å². The summed E-state index contributed by atoms with van der Waals surface area (Å²) in [6.07, 6.45) is 3.89. The highest BCUT2D eigenvalue weighted by molar-refractivity contribution is 5.85. The second-order valence-electron chi connectivity index (χ2n) is 5.19. The number of halogens is 1. The van der Waals surface area contributed by atoms with Crippen molar-refractivity contribution in [3.05, 3.63) is 29.8 Å². The molecule has 0 aromatic heterocycles. The number of rotatable bonds is 7. The average Bonchev–Trinajstić information content (AvgIpc) is 3.00. The molecule has 1 saturated heterocycles. The van der Waals surface area contributed by atoms with E-state index < -0.39 is 0 Å². The molecule has 1 aliphatic heterocycles. The van der Waals surface area contributed by atoms with E-state index in [0.717, 1.165) is 44.6 Å². The number of carbonyl (C=O) groups is 1. The number of hydrogen-bond donors (Lipinski definition) is 2. The van der Waals surface area contributed by atoms with Gasteiger partial charge >= 0.3 is 0 Å². The van der Waals surface area contributed by atoms with Gasteiger partial charge in [-0.2, -0.15) is 0 Å². The Morgan fingerprint density at radius 1 is 1.48 bits per heavy atom. The van der Waals surface area contributed by atoms with Gasteiger partial charge in [0.25, 0.3) is 0 Å². The first-order chi connectivity index (χ1) is 9.79. The van der Waals surface area contributed by atoms with E-state index in [1.165, 1.54) is 5.56 Å². The molecule has 2 N–H and O–H groups in total. The van der Waals surface area contributed by atoms with E-state index in [1.807, 2.05) is 12.1 Å². The highest BCUT2D eigenvalue weighted by atomic mass is 35.5. The predicted octanol–water partition coefficient (Wildman–Crippen LogP) is 2.31. The first kappa shape index (κ1) is 17.8. The largest absolute Gasteiger partial charge is 0.494 e. The second kappa shape index (κ2) is 9.64. The lowest BCUT2D eigenvalue weighted by Gasteiger charge is -2.11. The quantitative estimate of drug-likeness (QED) is 0.812. The molecule has 0 saturated carbocycles. The molecule has 1 unspecified atom stereocenters. The molecule has 0 radical (unpaired) electrons. The van der Waals surface area contributed by atoms with E-state index in [4.69, 9.17) is 4.74 Å². The third-order valence-electron chi connectivity index (χ3n) is 3.46. The fraction of sp³-hybridized carbons (Fsp3) is 0.562. The lowest BCUT2D eigenvalue weighted by Crippen LogP contribution is -2.41. The molecular formula is C16H25ClN2O2. The van der Waals surface area contributed by atoms with Gasteiger partial charge in [-0.25, -0.2) is 0 Å². The summed E-state index contributed by atoms with van der Waals surface area (Å²) in [7, 11) is 0. The Bertz CT molecular complexity index is 434. The number of benzene rings is 1. The summed E-state index contributed by atoms with van der Waals surface area (Å²) in [5.74, 6) is 1.04. The van der Waals surface area contributed by atoms with E-state index in [-0.39, 0.29) is 24.4 Å². The van der Waals surface area contributed by atoms with Gasteiger partial charge in [0.1, 0.15) is 5.75 Å². The van der Waals surface area contributed by atoms with Gasteiger partial charge < -0.3 is 15.4 Å². The summed E-state index contributed by atoms with van der Waals surface area (Å²) in [5.41, 5.74) is 1.19. The Morgan fingerprint density at radius 2 is 2.33 bits per heavy atom. The minimum absolute atomic E-state index is 0. The Kier molecular flexibility index (Phi) is 8.16. The van der Waals surface area contributed by atoms with Crippen molar-refractivity contribution in [3.8, 4) is 5.75 Å². The zero-order chi connectivity index (χ0) is 14.2. The minimum atomic E-state index is 0. The normalized spacial score (nSPS) is 17.1. The Hall–Kier alpha value is -1.26. The van der Waals surface area contributed by atoms with Crippen LogP contribution < -0.4 is 15.4 Å². The van der Waals surface area contributed by atoms with Gasteiger partial charge in [0.2, 0.25) is 5.91 Å². The van der Waals surface area contributed by atoms with Gasteiger partial charge in [-0.15, -0.1) is 12.4 Å². The Balaban J connectivity index is 0.00000220. The summed E-state index contributed by atoms with van der Waals surface area (Å²) in [6, 6.07) is 8.10. The number of carbonyl (C=O) groups excluding carboxylic acids is 1. The van der Waals surface area contributed by atoms with Crippen molar-refractivity contribution in [2.45, 2.75) is 38.6 Å². The van der Waals surface area contributed by atoms with Crippen molar-refractivity contribution in [2.24, 2.45) is 0 Å². The molecule has 0 spiro atoms. The lowest BCUT2D eigenvalue weighted by atomic mass is 10.1. The van der Waals surface area contributed by atoms with Crippen LogP contribution in [0.15, 0.2) is 24.3 Å². The van der Waals surface area contributed by atoms with Crippen molar-refractivity contribution in [1.82, 2.24) is 10.6 Å². The topological polar surface area (TPSA) is 50.4 Å². The summed E-state index contributed by atoms with van der Waals surface area (Å²) in [6.45, 7) is 4.47. The number of hydrogen-bond acceptors (Lipinski definition) is 3. The number of nitrogens with one attached hydrogen (secondary N) is 2. The summed E-state index contributed by atoms with van der Waals surface area (Å²) in [4.78, 5) is 11.8. The van der Waals surface area contributed by atoms with Crippen LogP contribution in [-0.2, 0) is 11.2 Å². The van der Waals surface area contributed by atoms with Crippen LogP contribution in [0.1, 0.15) is 31.7 Å². The zero-order valence-electron chi connectivity index (χ0n) is 12.6. The molecule has 5 heteroatoms. The first-order valence-electron chi connectivity index (χ1n) is 7.52. The maximum absolute atomic E-state index is 11.8. The Morgan fingerprint density at radius 3 is 3.05 bits per heavy atom. The fourth-order valence-corrected chi connectivity index (χ4v) is 2.37.